The summed E-state index contributed by atoms with van der Waals surface area (Å²) >= 11 is 0. The van der Waals surface area contributed by atoms with Gasteiger partial charge in [0.2, 0.25) is 53.2 Å². The third-order valence-electron chi connectivity index (χ3n) is 11.8. The summed E-state index contributed by atoms with van der Waals surface area (Å²) in [5.41, 5.74) is 12.0. The number of aliphatic hydroxyl groups excluding tert-OH is 1. The fourth-order valence-electron chi connectivity index (χ4n) is 7.25. The lowest BCUT2D eigenvalue weighted by atomic mass is 9.97. The number of aromatic hydroxyl groups is 1. The number of aliphatic hydroxyl groups is 1. The lowest BCUT2D eigenvalue weighted by molar-refractivity contribution is -0.144. The quantitative estimate of drug-likeness (QED) is 0.0341. The first-order valence-electron chi connectivity index (χ1n) is 24.4. The molecule has 0 saturated heterocycles. The maximum Gasteiger partial charge on any atom is 0.326 e. The van der Waals surface area contributed by atoms with E-state index in [2.05, 4.69) is 52.5 Å². The average Bonchev–Trinajstić information content (AvgIpc) is 3.86. The van der Waals surface area contributed by atoms with Crippen molar-refractivity contribution in [3.8, 4) is 5.75 Å². The predicted molar refractivity (Wildman–Crippen MR) is 267 cm³/mol. The van der Waals surface area contributed by atoms with Crippen molar-refractivity contribution in [2.45, 2.75) is 154 Å². The molecule has 10 atom stereocenters. The number of H-pyrrole nitrogens is 1. The van der Waals surface area contributed by atoms with Crippen LogP contribution in [0.5, 0.6) is 5.75 Å². The van der Waals surface area contributed by atoms with Gasteiger partial charge in [-0.1, -0.05) is 60.1 Å². The number of hydrogen-bond donors (Lipinski definition) is 15. The topological polar surface area (TPSA) is 446 Å². The third kappa shape index (κ3) is 22.5. The molecule has 17 N–H and O–H groups in total. The Labute approximate surface area is 433 Å². The molecule has 1 aromatic carbocycles. The van der Waals surface area contributed by atoms with E-state index < -0.39 is 158 Å². The second-order valence-electron chi connectivity index (χ2n) is 19.0. The standard InChI is InChI=1S/C48H74N12O15/c1-8-25(6)38(50)46(72)58-32(17-23(2)3)41(67)52-21-36(64)54-33(18-27-9-11-29(62)12-10-27)45(71)60-40(26(7)61)47(73)56-31(14-16-37(65)66)42(68)57-34(19-28-20-51-22-53-28)44(70)55-30(13-15-35(49)63)43(69)59-39(24(4)5)48(74)75/h9-12,20,22-26,30-34,38-40,61-62H,8,13-19,21,50H2,1-7H3,(H2,49,63)(H,51,53)(H,52,67)(H,54,64)(H,55,70)(H,56,73)(H,57,68)(H,58,72)(H,59,69)(H,60,71)(H,65,66)(H,74,75)/t25-,26+,30-,31-,32-,33-,34-,38-,39-,40-/m0/s1. The fraction of sp³-hybridized carbons (Fsp3) is 0.583. The highest BCUT2D eigenvalue weighted by molar-refractivity contribution is 5.98. The van der Waals surface area contributed by atoms with Gasteiger partial charge in [0.15, 0.2) is 0 Å². The zero-order valence-electron chi connectivity index (χ0n) is 43.1. The number of carboxylic acid groups (broad SMARTS) is 2. The monoisotopic (exact) mass is 1060 g/mol. The minimum atomic E-state index is -1.90. The molecule has 9 amide bonds. The number of nitrogens with two attached hydrogens (primary N) is 2. The number of carboxylic acids is 2. The maximum atomic E-state index is 14.1. The summed E-state index contributed by atoms with van der Waals surface area (Å²) in [6, 6.07) is -6.28. The van der Waals surface area contributed by atoms with Gasteiger partial charge in [0.1, 0.15) is 48.0 Å². The Bertz CT molecular complexity index is 2280. The minimum absolute atomic E-state index is 0.0713. The number of aromatic nitrogens is 2. The molecule has 0 bridgehead atoms. The van der Waals surface area contributed by atoms with Gasteiger partial charge in [-0.3, -0.25) is 47.9 Å². The first-order valence-corrected chi connectivity index (χ1v) is 24.4. The largest absolute Gasteiger partial charge is 0.508 e. The van der Waals surface area contributed by atoms with Crippen molar-refractivity contribution < 1.29 is 73.2 Å². The zero-order chi connectivity index (χ0) is 56.7. The smallest absolute Gasteiger partial charge is 0.326 e. The van der Waals surface area contributed by atoms with Crippen molar-refractivity contribution in [2.24, 2.45) is 29.2 Å². The summed E-state index contributed by atoms with van der Waals surface area (Å²) in [5.74, 6) is -12.3. The molecule has 416 valence electrons. The van der Waals surface area contributed by atoms with Gasteiger partial charge in [-0.05, 0) is 61.6 Å². The van der Waals surface area contributed by atoms with Crippen molar-refractivity contribution in [1.82, 2.24) is 52.5 Å². The number of aliphatic carboxylic acids is 2. The highest BCUT2D eigenvalue weighted by atomic mass is 16.4. The van der Waals surface area contributed by atoms with E-state index in [1.54, 1.807) is 6.92 Å². The van der Waals surface area contributed by atoms with Crippen LogP contribution in [-0.4, -0.2) is 156 Å². The van der Waals surface area contributed by atoms with Gasteiger partial charge in [0, 0.05) is 37.6 Å². The van der Waals surface area contributed by atoms with Crippen LogP contribution in [0, 0.1) is 17.8 Å². The van der Waals surface area contributed by atoms with Crippen molar-refractivity contribution in [3.05, 3.63) is 48.0 Å². The number of phenolic OH excluding ortho intramolecular Hbond substituents is 1. The van der Waals surface area contributed by atoms with Gasteiger partial charge in [0.25, 0.3) is 0 Å². The second kappa shape index (κ2) is 31.1. The lowest BCUT2D eigenvalue weighted by Gasteiger charge is -2.28. The number of aromatic amines is 1. The summed E-state index contributed by atoms with van der Waals surface area (Å²) < 4.78 is 0. The summed E-state index contributed by atoms with van der Waals surface area (Å²) in [6.45, 7) is 10.7. The van der Waals surface area contributed by atoms with Crippen LogP contribution in [0.3, 0.4) is 0 Å². The number of amides is 9. The number of carbonyl (C=O) groups excluding carboxylic acids is 9. The third-order valence-corrected chi connectivity index (χ3v) is 11.8. The summed E-state index contributed by atoms with van der Waals surface area (Å²) in [7, 11) is 0. The van der Waals surface area contributed by atoms with Crippen LogP contribution in [-0.2, 0) is 65.6 Å². The number of nitrogens with one attached hydrogen (secondary N) is 9. The van der Waals surface area contributed by atoms with E-state index in [4.69, 9.17) is 11.5 Å². The molecular weight excluding hydrogens is 985 g/mol. The van der Waals surface area contributed by atoms with Crippen molar-refractivity contribution in [1.29, 1.82) is 0 Å². The van der Waals surface area contributed by atoms with Gasteiger partial charge in [-0.15, -0.1) is 0 Å². The lowest BCUT2D eigenvalue weighted by Crippen LogP contribution is -2.62. The number of hydrogen-bond acceptors (Lipinski definition) is 15. The Balaban J connectivity index is 2.42. The van der Waals surface area contributed by atoms with Crippen LogP contribution in [0.1, 0.15) is 98.2 Å². The van der Waals surface area contributed by atoms with Crippen molar-refractivity contribution in [2.75, 3.05) is 6.54 Å². The molecule has 0 unspecified atom stereocenters. The molecule has 27 heteroatoms. The zero-order valence-corrected chi connectivity index (χ0v) is 43.1. The second-order valence-corrected chi connectivity index (χ2v) is 19.0. The van der Waals surface area contributed by atoms with Crippen LogP contribution in [0.25, 0.3) is 0 Å². The van der Waals surface area contributed by atoms with Gasteiger partial charge < -0.3 is 79.4 Å². The average molecular weight is 1060 g/mol. The Hall–Kier alpha value is -7.68. The van der Waals surface area contributed by atoms with Crippen LogP contribution in [0.2, 0.25) is 0 Å². The van der Waals surface area contributed by atoms with Gasteiger partial charge in [-0.2, -0.15) is 0 Å². The highest BCUT2D eigenvalue weighted by Crippen LogP contribution is 2.14. The molecule has 0 radical (unpaired) electrons. The number of primary amides is 1. The molecule has 2 rings (SSSR count). The molecular formula is C48H74N12O15. The summed E-state index contributed by atoms with van der Waals surface area (Å²) in [6.07, 6.45) is -1.16. The number of phenols is 1. The predicted octanol–water partition coefficient (Wildman–Crippen LogP) is -2.92. The van der Waals surface area contributed by atoms with Gasteiger partial charge >= 0.3 is 11.9 Å². The first-order chi connectivity index (χ1) is 35.1. The van der Waals surface area contributed by atoms with E-state index in [0.29, 0.717) is 12.0 Å². The van der Waals surface area contributed by atoms with E-state index >= 15 is 0 Å². The van der Waals surface area contributed by atoms with E-state index in [1.165, 1.54) is 50.6 Å². The Kier molecular flexibility index (Phi) is 26.3. The summed E-state index contributed by atoms with van der Waals surface area (Å²) in [4.78, 5) is 151. The number of carbonyl (C=O) groups is 11. The van der Waals surface area contributed by atoms with Crippen molar-refractivity contribution >= 4 is 65.1 Å². The molecule has 0 fully saturated rings. The molecule has 0 aliphatic heterocycles. The molecule has 1 aromatic heterocycles. The normalized spacial score (nSPS) is 15.2. The maximum absolute atomic E-state index is 14.1. The van der Waals surface area contributed by atoms with E-state index in [-0.39, 0.29) is 42.5 Å². The van der Waals surface area contributed by atoms with Gasteiger partial charge in [-0.25, -0.2) is 9.78 Å². The molecule has 0 saturated carbocycles. The molecule has 0 aliphatic rings. The molecule has 0 aliphatic carbocycles. The van der Waals surface area contributed by atoms with Gasteiger partial charge in [0.05, 0.1) is 25.0 Å². The van der Waals surface area contributed by atoms with Crippen LogP contribution in [0.4, 0.5) is 0 Å². The molecule has 75 heavy (non-hydrogen) atoms. The minimum Gasteiger partial charge on any atom is -0.508 e. The summed E-state index contributed by atoms with van der Waals surface area (Å²) in [5, 5.41) is 59.3. The number of rotatable bonds is 33. The van der Waals surface area contributed by atoms with E-state index in [0.717, 1.165) is 6.92 Å². The SMILES string of the molecule is CC[C@H](C)[C@H](N)C(=O)N[C@@H](CC(C)C)C(=O)NCC(=O)N[C@@H](Cc1ccc(O)cc1)C(=O)N[C@H](C(=O)N[C@@H](CCC(=O)O)C(=O)N[C@@H](Cc1cnc[nH]1)C(=O)N[C@@H](CCC(N)=O)C(=O)N[C@H](C(=O)O)C(C)C)[C@@H](C)O. The molecule has 27 nitrogen and oxygen atoms in total. The van der Waals surface area contributed by atoms with E-state index in [1.807, 2.05) is 20.8 Å². The van der Waals surface area contributed by atoms with Crippen LogP contribution in [0.15, 0.2) is 36.8 Å². The Morgan fingerprint density at radius 3 is 1.68 bits per heavy atom. The van der Waals surface area contributed by atoms with Crippen LogP contribution >= 0.6 is 0 Å². The molecule has 1 heterocycles. The fourth-order valence-corrected chi connectivity index (χ4v) is 7.25. The molecule has 0 spiro atoms. The highest BCUT2D eigenvalue weighted by Gasteiger charge is 2.36. The Morgan fingerprint density at radius 2 is 1.16 bits per heavy atom. The van der Waals surface area contributed by atoms with Crippen molar-refractivity contribution in [3.63, 3.8) is 0 Å². The van der Waals surface area contributed by atoms with E-state index in [9.17, 15) is 73.2 Å². The number of benzene rings is 1. The first kappa shape index (κ1) is 63.4. The molecule has 2 aromatic rings. The Morgan fingerprint density at radius 1 is 0.640 bits per heavy atom. The number of imidazole rings is 1. The van der Waals surface area contributed by atoms with Crippen LogP contribution < -0.4 is 54.0 Å². The number of nitrogens with zero attached hydrogens (tertiary/aromatic N) is 1.